The Bertz CT molecular complexity index is 566. The number of amides is 1. The summed E-state index contributed by atoms with van der Waals surface area (Å²) in [4.78, 5) is 16.2. The van der Waals surface area contributed by atoms with Gasteiger partial charge in [-0.1, -0.05) is 37.3 Å². The normalized spacial score (nSPS) is 11.7. The van der Waals surface area contributed by atoms with Crippen molar-refractivity contribution in [3.63, 3.8) is 0 Å². The predicted octanol–water partition coefficient (Wildman–Crippen LogP) is 3.47. The van der Waals surface area contributed by atoms with Crippen molar-refractivity contribution in [2.45, 2.75) is 32.7 Å². The minimum Gasteiger partial charge on any atom is -0.381 e. The number of pyridine rings is 1. The highest BCUT2D eigenvalue weighted by Crippen LogP contribution is 2.12. The van der Waals surface area contributed by atoms with Crippen LogP contribution in [0, 0.1) is 0 Å². The summed E-state index contributed by atoms with van der Waals surface area (Å²) in [5.41, 5.74) is 1.95. The minimum absolute atomic E-state index is 0.0589. The van der Waals surface area contributed by atoms with E-state index < -0.39 is 0 Å². The molecule has 4 nitrogen and oxygen atoms in total. The molecule has 0 aliphatic carbocycles. The molecular formula is C17H21N3O. The Labute approximate surface area is 125 Å². The highest BCUT2D eigenvalue weighted by atomic mass is 16.1. The maximum absolute atomic E-state index is 11.9. The molecular weight excluding hydrogens is 262 g/mol. The van der Waals surface area contributed by atoms with Crippen molar-refractivity contribution in [3.8, 4) is 0 Å². The third kappa shape index (κ3) is 4.91. The number of nitrogens with zero attached hydrogens (tertiary/aromatic N) is 1. The number of hydrogen-bond donors (Lipinski definition) is 2. The van der Waals surface area contributed by atoms with Gasteiger partial charge in [0, 0.05) is 6.04 Å². The fraction of sp³-hybridized carbons (Fsp3) is 0.294. The van der Waals surface area contributed by atoms with Crippen LogP contribution < -0.4 is 10.6 Å². The quantitative estimate of drug-likeness (QED) is 0.853. The fourth-order valence-corrected chi connectivity index (χ4v) is 1.91. The first-order chi connectivity index (χ1) is 10.2. The molecule has 0 radical (unpaired) electrons. The SMILES string of the molecule is CCC(C)Nc1ccc(NC(=O)Cc2ccccc2)nc1. The molecule has 1 aromatic carbocycles. The molecule has 110 valence electrons. The van der Waals surface area contributed by atoms with E-state index >= 15 is 0 Å². The lowest BCUT2D eigenvalue weighted by Crippen LogP contribution is -2.16. The third-order valence-electron chi connectivity index (χ3n) is 3.26. The molecule has 0 aliphatic rings. The first-order valence-corrected chi connectivity index (χ1v) is 7.23. The lowest BCUT2D eigenvalue weighted by molar-refractivity contribution is -0.115. The first kappa shape index (κ1) is 15.0. The first-order valence-electron chi connectivity index (χ1n) is 7.23. The summed E-state index contributed by atoms with van der Waals surface area (Å²) < 4.78 is 0. The molecule has 21 heavy (non-hydrogen) atoms. The zero-order valence-corrected chi connectivity index (χ0v) is 12.5. The molecule has 0 fully saturated rings. The zero-order chi connectivity index (χ0) is 15.1. The molecule has 0 aliphatic heterocycles. The molecule has 1 heterocycles. The molecule has 1 amide bonds. The Morgan fingerprint density at radius 1 is 1.19 bits per heavy atom. The number of hydrogen-bond acceptors (Lipinski definition) is 3. The average Bonchev–Trinajstić information content (AvgIpc) is 2.50. The van der Waals surface area contributed by atoms with E-state index in [0.29, 0.717) is 18.3 Å². The Hall–Kier alpha value is -2.36. The van der Waals surface area contributed by atoms with Crippen LogP contribution in [0.25, 0.3) is 0 Å². The molecule has 1 unspecified atom stereocenters. The summed E-state index contributed by atoms with van der Waals surface area (Å²) in [7, 11) is 0. The Balaban J connectivity index is 1.89. The number of aromatic nitrogens is 1. The zero-order valence-electron chi connectivity index (χ0n) is 12.5. The summed E-state index contributed by atoms with van der Waals surface area (Å²) in [6, 6.07) is 13.8. The van der Waals surface area contributed by atoms with E-state index in [0.717, 1.165) is 17.7 Å². The van der Waals surface area contributed by atoms with Crippen LogP contribution in [0.5, 0.6) is 0 Å². The maximum atomic E-state index is 11.9. The fourth-order valence-electron chi connectivity index (χ4n) is 1.91. The van der Waals surface area contributed by atoms with Crippen LogP contribution in [-0.4, -0.2) is 16.9 Å². The van der Waals surface area contributed by atoms with Crippen molar-refractivity contribution in [2.75, 3.05) is 10.6 Å². The number of anilines is 2. The maximum Gasteiger partial charge on any atom is 0.229 e. The molecule has 0 bridgehead atoms. The second-order valence-electron chi connectivity index (χ2n) is 5.10. The van der Waals surface area contributed by atoms with Gasteiger partial charge < -0.3 is 10.6 Å². The van der Waals surface area contributed by atoms with Crippen molar-refractivity contribution in [1.82, 2.24) is 4.98 Å². The van der Waals surface area contributed by atoms with Gasteiger partial charge in [-0.3, -0.25) is 4.79 Å². The van der Waals surface area contributed by atoms with E-state index in [1.165, 1.54) is 0 Å². The lowest BCUT2D eigenvalue weighted by Gasteiger charge is -2.12. The molecule has 0 saturated carbocycles. The van der Waals surface area contributed by atoms with E-state index in [1.807, 2.05) is 42.5 Å². The average molecular weight is 283 g/mol. The van der Waals surface area contributed by atoms with Crippen LogP contribution in [0.1, 0.15) is 25.8 Å². The van der Waals surface area contributed by atoms with E-state index in [-0.39, 0.29) is 5.91 Å². The lowest BCUT2D eigenvalue weighted by atomic mass is 10.1. The van der Waals surface area contributed by atoms with Crippen LogP contribution >= 0.6 is 0 Å². The molecule has 1 atom stereocenters. The van der Waals surface area contributed by atoms with Gasteiger partial charge in [0.25, 0.3) is 0 Å². The van der Waals surface area contributed by atoms with E-state index in [1.54, 1.807) is 6.20 Å². The third-order valence-corrected chi connectivity index (χ3v) is 3.26. The van der Waals surface area contributed by atoms with Gasteiger partial charge in [-0.05, 0) is 31.0 Å². The summed E-state index contributed by atoms with van der Waals surface area (Å²) in [5.74, 6) is 0.516. The Morgan fingerprint density at radius 2 is 1.95 bits per heavy atom. The van der Waals surface area contributed by atoms with Crippen LogP contribution in [0.4, 0.5) is 11.5 Å². The van der Waals surface area contributed by atoms with Gasteiger partial charge in [0.2, 0.25) is 5.91 Å². The van der Waals surface area contributed by atoms with Crippen LogP contribution in [0.3, 0.4) is 0 Å². The van der Waals surface area contributed by atoms with Crippen LogP contribution in [-0.2, 0) is 11.2 Å². The van der Waals surface area contributed by atoms with Gasteiger partial charge in [0.15, 0.2) is 0 Å². The number of carbonyl (C=O) groups excluding carboxylic acids is 1. The molecule has 2 N–H and O–H groups in total. The molecule has 2 rings (SSSR count). The van der Waals surface area contributed by atoms with Crippen molar-refractivity contribution < 1.29 is 4.79 Å². The van der Waals surface area contributed by atoms with Gasteiger partial charge in [-0.25, -0.2) is 4.98 Å². The highest BCUT2D eigenvalue weighted by molar-refractivity contribution is 5.91. The summed E-state index contributed by atoms with van der Waals surface area (Å²) in [5, 5.41) is 6.14. The standard InChI is InChI=1S/C17H21N3O/c1-3-13(2)19-15-9-10-16(18-12-15)20-17(21)11-14-7-5-4-6-8-14/h4-10,12-13,19H,3,11H2,1-2H3,(H,18,20,21). The summed E-state index contributed by atoms with van der Waals surface area (Å²) in [6.45, 7) is 4.25. The smallest absolute Gasteiger partial charge is 0.229 e. The largest absolute Gasteiger partial charge is 0.381 e. The Morgan fingerprint density at radius 3 is 2.57 bits per heavy atom. The van der Waals surface area contributed by atoms with E-state index in [2.05, 4.69) is 29.5 Å². The molecule has 0 saturated heterocycles. The molecule has 1 aromatic heterocycles. The number of nitrogens with one attached hydrogen (secondary N) is 2. The van der Waals surface area contributed by atoms with E-state index in [9.17, 15) is 4.79 Å². The monoisotopic (exact) mass is 283 g/mol. The van der Waals surface area contributed by atoms with Gasteiger partial charge >= 0.3 is 0 Å². The summed E-state index contributed by atoms with van der Waals surface area (Å²) in [6.07, 6.45) is 3.15. The van der Waals surface area contributed by atoms with Gasteiger partial charge in [-0.15, -0.1) is 0 Å². The molecule has 0 spiro atoms. The molecule has 2 aromatic rings. The van der Waals surface area contributed by atoms with Crippen molar-refractivity contribution in [1.29, 1.82) is 0 Å². The van der Waals surface area contributed by atoms with Crippen molar-refractivity contribution >= 4 is 17.4 Å². The van der Waals surface area contributed by atoms with Gasteiger partial charge in [0.05, 0.1) is 18.3 Å². The van der Waals surface area contributed by atoms with Gasteiger partial charge in [-0.2, -0.15) is 0 Å². The van der Waals surface area contributed by atoms with Crippen molar-refractivity contribution in [3.05, 3.63) is 54.2 Å². The predicted molar refractivity (Wildman–Crippen MR) is 86.4 cm³/mol. The second-order valence-corrected chi connectivity index (χ2v) is 5.10. The minimum atomic E-state index is -0.0589. The van der Waals surface area contributed by atoms with Crippen LogP contribution in [0.15, 0.2) is 48.7 Å². The highest BCUT2D eigenvalue weighted by Gasteiger charge is 2.05. The van der Waals surface area contributed by atoms with Crippen LogP contribution in [0.2, 0.25) is 0 Å². The Kier molecular flexibility index (Phi) is 5.32. The second kappa shape index (κ2) is 7.43. The summed E-state index contributed by atoms with van der Waals surface area (Å²) >= 11 is 0. The number of benzene rings is 1. The number of rotatable bonds is 6. The topological polar surface area (TPSA) is 54.0 Å². The molecule has 4 heteroatoms. The number of carbonyl (C=O) groups is 1. The van der Waals surface area contributed by atoms with E-state index in [4.69, 9.17) is 0 Å². The van der Waals surface area contributed by atoms with Gasteiger partial charge in [0.1, 0.15) is 5.82 Å². The van der Waals surface area contributed by atoms with Crippen molar-refractivity contribution in [2.24, 2.45) is 0 Å².